The Balaban J connectivity index is 2.94. The van der Waals surface area contributed by atoms with Gasteiger partial charge in [0.1, 0.15) is 11.2 Å². The first-order chi connectivity index (χ1) is 7.95. The van der Waals surface area contributed by atoms with Crippen LogP contribution in [0.2, 0.25) is 0 Å². The fourth-order valence-electron chi connectivity index (χ4n) is 1.48. The molecule has 0 saturated heterocycles. The quantitative estimate of drug-likeness (QED) is 0.860. The predicted molar refractivity (Wildman–Crippen MR) is 64.4 cm³/mol. The molecule has 0 aliphatic carbocycles. The van der Waals surface area contributed by atoms with Gasteiger partial charge in [0.05, 0.1) is 11.8 Å². The predicted octanol–water partition coefficient (Wildman–Crippen LogP) is 1.63. The van der Waals surface area contributed by atoms with Gasteiger partial charge in [-0.25, -0.2) is 0 Å². The van der Waals surface area contributed by atoms with Crippen LogP contribution in [0.5, 0.6) is 0 Å². The maximum absolute atomic E-state index is 12.0. The fourth-order valence-corrected chi connectivity index (χ4v) is 1.48. The molecule has 0 aliphatic heterocycles. The molecule has 0 fully saturated rings. The van der Waals surface area contributed by atoms with Gasteiger partial charge in [-0.2, -0.15) is 10.4 Å². The molecule has 5 heteroatoms. The molecule has 1 atom stereocenters. The summed E-state index contributed by atoms with van der Waals surface area (Å²) >= 11 is 0. The maximum Gasteiger partial charge on any atom is 0.270 e. The average Bonchev–Trinajstić information content (AvgIpc) is 2.70. The van der Waals surface area contributed by atoms with E-state index in [0.717, 1.165) is 5.69 Å². The van der Waals surface area contributed by atoms with E-state index in [1.165, 1.54) is 0 Å². The highest BCUT2D eigenvalue weighted by Gasteiger charge is 2.25. The molecule has 0 radical (unpaired) electrons. The van der Waals surface area contributed by atoms with Gasteiger partial charge in [0.15, 0.2) is 0 Å². The number of nitrogens with zero attached hydrogens (tertiary/aromatic N) is 3. The summed E-state index contributed by atoms with van der Waals surface area (Å²) in [4.78, 5) is 12.0. The topological polar surface area (TPSA) is 70.7 Å². The largest absolute Gasteiger partial charge is 0.333 e. The van der Waals surface area contributed by atoms with E-state index in [9.17, 15) is 4.79 Å². The lowest BCUT2D eigenvalue weighted by atomic mass is 10.0. The molecule has 0 aliphatic rings. The van der Waals surface area contributed by atoms with Crippen molar-refractivity contribution in [1.82, 2.24) is 15.1 Å². The molecule has 1 aromatic heterocycles. The summed E-state index contributed by atoms with van der Waals surface area (Å²) in [6.45, 7) is 7.97. The van der Waals surface area contributed by atoms with E-state index >= 15 is 0 Å². The van der Waals surface area contributed by atoms with Crippen LogP contribution in [0.1, 0.15) is 43.4 Å². The minimum absolute atomic E-state index is 0.252. The molecule has 92 valence electrons. The number of aryl methyl sites for hydroxylation is 2. The number of amides is 1. The Morgan fingerprint density at radius 1 is 1.65 bits per heavy atom. The van der Waals surface area contributed by atoms with Gasteiger partial charge in [-0.3, -0.25) is 9.48 Å². The first kappa shape index (κ1) is 13.2. The SMILES string of the molecule is CCn1nc(C)cc1C(=O)NC(C)(C#N)CC. The second kappa shape index (κ2) is 5.00. The smallest absolute Gasteiger partial charge is 0.270 e. The average molecular weight is 234 g/mol. The third-order valence-corrected chi connectivity index (χ3v) is 2.78. The molecule has 1 heterocycles. The van der Waals surface area contributed by atoms with Crippen molar-refractivity contribution in [2.45, 2.75) is 46.2 Å². The van der Waals surface area contributed by atoms with E-state index in [1.54, 1.807) is 17.7 Å². The fraction of sp³-hybridized carbons (Fsp3) is 0.583. The molecule has 1 unspecified atom stereocenters. The van der Waals surface area contributed by atoms with Crippen LogP contribution in [0.25, 0.3) is 0 Å². The van der Waals surface area contributed by atoms with E-state index in [-0.39, 0.29) is 5.91 Å². The first-order valence-corrected chi connectivity index (χ1v) is 5.74. The molecule has 1 aromatic rings. The standard InChI is InChI=1S/C12H18N4O/c1-5-12(4,8-13)14-11(17)10-7-9(3)15-16(10)6-2/h7H,5-6H2,1-4H3,(H,14,17). The second-order valence-electron chi connectivity index (χ2n) is 4.24. The Morgan fingerprint density at radius 3 is 2.76 bits per heavy atom. The molecule has 1 amide bonds. The van der Waals surface area contributed by atoms with Gasteiger partial charge in [0, 0.05) is 6.54 Å². The summed E-state index contributed by atoms with van der Waals surface area (Å²) < 4.78 is 1.64. The van der Waals surface area contributed by atoms with Crippen molar-refractivity contribution in [3.05, 3.63) is 17.5 Å². The number of rotatable bonds is 4. The monoisotopic (exact) mass is 234 g/mol. The number of carbonyl (C=O) groups excluding carboxylic acids is 1. The van der Waals surface area contributed by atoms with Gasteiger partial charge in [0.2, 0.25) is 0 Å². The number of nitrogens with one attached hydrogen (secondary N) is 1. The highest BCUT2D eigenvalue weighted by atomic mass is 16.2. The minimum atomic E-state index is -0.826. The van der Waals surface area contributed by atoms with Crippen molar-refractivity contribution in [2.24, 2.45) is 0 Å². The Bertz CT molecular complexity index is 458. The normalized spacial score (nSPS) is 13.8. The van der Waals surface area contributed by atoms with Crippen LogP contribution in [0.3, 0.4) is 0 Å². The molecule has 0 saturated carbocycles. The van der Waals surface area contributed by atoms with Crippen LogP contribution in [-0.4, -0.2) is 21.2 Å². The Hall–Kier alpha value is -1.83. The molecule has 17 heavy (non-hydrogen) atoms. The third kappa shape index (κ3) is 2.84. The lowest BCUT2D eigenvalue weighted by Gasteiger charge is -2.21. The lowest BCUT2D eigenvalue weighted by Crippen LogP contribution is -2.44. The van der Waals surface area contributed by atoms with Crippen molar-refractivity contribution in [1.29, 1.82) is 5.26 Å². The van der Waals surface area contributed by atoms with Gasteiger partial charge in [-0.05, 0) is 33.3 Å². The summed E-state index contributed by atoms with van der Waals surface area (Å²) in [6.07, 6.45) is 0.564. The van der Waals surface area contributed by atoms with Gasteiger partial charge in [-0.15, -0.1) is 0 Å². The van der Waals surface area contributed by atoms with Crippen LogP contribution in [0.15, 0.2) is 6.07 Å². The number of hydrogen-bond donors (Lipinski definition) is 1. The number of aromatic nitrogens is 2. The summed E-state index contributed by atoms with van der Waals surface area (Å²) in [5.41, 5.74) is 0.473. The lowest BCUT2D eigenvalue weighted by molar-refractivity contribution is 0.0912. The first-order valence-electron chi connectivity index (χ1n) is 5.74. The van der Waals surface area contributed by atoms with E-state index in [0.29, 0.717) is 18.7 Å². The number of carbonyl (C=O) groups is 1. The molecular formula is C12H18N4O. The zero-order valence-electron chi connectivity index (χ0n) is 10.7. The number of nitriles is 1. The Kier molecular flexibility index (Phi) is 3.89. The van der Waals surface area contributed by atoms with E-state index in [4.69, 9.17) is 5.26 Å². The zero-order valence-corrected chi connectivity index (χ0v) is 10.7. The molecule has 0 bridgehead atoms. The third-order valence-electron chi connectivity index (χ3n) is 2.78. The maximum atomic E-state index is 12.0. The van der Waals surface area contributed by atoms with E-state index in [1.807, 2.05) is 20.8 Å². The second-order valence-corrected chi connectivity index (χ2v) is 4.24. The van der Waals surface area contributed by atoms with Crippen molar-refractivity contribution >= 4 is 5.91 Å². The van der Waals surface area contributed by atoms with Crippen LogP contribution in [0, 0.1) is 18.3 Å². The van der Waals surface area contributed by atoms with Gasteiger partial charge >= 0.3 is 0 Å². The minimum Gasteiger partial charge on any atom is -0.333 e. The molecule has 0 aromatic carbocycles. The molecule has 5 nitrogen and oxygen atoms in total. The van der Waals surface area contributed by atoms with E-state index in [2.05, 4.69) is 16.5 Å². The van der Waals surface area contributed by atoms with Crippen LogP contribution in [-0.2, 0) is 6.54 Å². The van der Waals surface area contributed by atoms with Crippen molar-refractivity contribution in [2.75, 3.05) is 0 Å². The van der Waals surface area contributed by atoms with Crippen molar-refractivity contribution in [3.63, 3.8) is 0 Å². The van der Waals surface area contributed by atoms with Crippen molar-refractivity contribution in [3.8, 4) is 6.07 Å². The van der Waals surface area contributed by atoms with Crippen LogP contribution >= 0.6 is 0 Å². The molecule has 0 spiro atoms. The van der Waals surface area contributed by atoms with Crippen LogP contribution < -0.4 is 5.32 Å². The Morgan fingerprint density at radius 2 is 2.29 bits per heavy atom. The highest BCUT2D eigenvalue weighted by Crippen LogP contribution is 2.10. The molecular weight excluding hydrogens is 216 g/mol. The molecule has 1 N–H and O–H groups in total. The zero-order chi connectivity index (χ0) is 13.1. The summed E-state index contributed by atoms with van der Waals surface area (Å²) in [7, 11) is 0. The van der Waals surface area contributed by atoms with Crippen molar-refractivity contribution < 1.29 is 4.79 Å². The summed E-state index contributed by atoms with van der Waals surface area (Å²) in [6, 6.07) is 3.84. The van der Waals surface area contributed by atoms with Crippen LogP contribution in [0.4, 0.5) is 0 Å². The summed E-state index contributed by atoms with van der Waals surface area (Å²) in [5.74, 6) is -0.252. The summed E-state index contributed by atoms with van der Waals surface area (Å²) in [5, 5.41) is 16.0. The van der Waals surface area contributed by atoms with Gasteiger partial charge < -0.3 is 5.32 Å². The molecule has 1 rings (SSSR count). The highest BCUT2D eigenvalue weighted by molar-refractivity contribution is 5.93. The van der Waals surface area contributed by atoms with Gasteiger partial charge in [0.25, 0.3) is 5.91 Å². The Labute approximate surface area is 101 Å². The van der Waals surface area contributed by atoms with E-state index < -0.39 is 5.54 Å². The number of hydrogen-bond acceptors (Lipinski definition) is 3. The van der Waals surface area contributed by atoms with Gasteiger partial charge in [-0.1, -0.05) is 6.92 Å².